The van der Waals surface area contributed by atoms with Crippen molar-refractivity contribution < 1.29 is 19.0 Å². The van der Waals surface area contributed by atoms with Crippen molar-refractivity contribution in [3.05, 3.63) is 11.4 Å². The number of amides is 2. The van der Waals surface area contributed by atoms with Crippen molar-refractivity contribution in [2.24, 2.45) is 0 Å². The highest BCUT2D eigenvalue weighted by molar-refractivity contribution is 5.94. The smallest absolute Gasteiger partial charge is 0.278 e. The second-order valence-corrected chi connectivity index (χ2v) is 5.27. The predicted octanol–water partition coefficient (Wildman–Crippen LogP) is 0.135. The van der Waals surface area contributed by atoms with Gasteiger partial charge in [0.2, 0.25) is 5.91 Å². The topological polar surface area (TPSA) is 97.6 Å². The molecule has 1 aliphatic heterocycles. The predicted molar refractivity (Wildman–Crippen MR) is 72.6 cm³/mol. The molecule has 21 heavy (non-hydrogen) atoms. The van der Waals surface area contributed by atoms with Crippen LogP contribution in [-0.2, 0) is 9.53 Å². The van der Waals surface area contributed by atoms with Gasteiger partial charge in [-0.2, -0.15) is 0 Å². The molecule has 1 fully saturated rings. The summed E-state index contributed by atoms with van der Waals surface area (Å²) in [4.78, 5) is 26.1. The summed E-state index contributed by atoms with van der Waals surface area (Å²) in [7, 11) is 3.14. The van der Waals surface area contributed by atoms with E-state index in [-0.39, 0.29) is 23.9 Å². The lowest BCUT2D eigenvalue weighted by atomic mass is 9.92. The summed E-state index contributed by atoms with van der Waals surface area (Å²) < 4.78 is 9.87. The van der Waals surface area contributed by atoms with Gasteiger partial charge in [-0.3, -0.25) is 9.59 Å². The van der Waals surface area contributed by atoms with Crippen LogP contribution in [0.4, 0.5) is 0 Å². The molecule has 8 heteroatoms. The zero-order chi connectivity index (χ0) is 15.5. The van der Waals surface area contributed by atoms with E-state index in [0.29, 0.717) is 25.3 Å². The molecule has 1 N–H and O–H groups in total. The zero-order valence-electron chi connectivity index (χ0n) is 12.5. The van der Waals surface area contributed by atoms with Crippen LogP contribution < -0.4 is 5.32 Å². The van der Waals surface area contributed by atoms with Gasteiger partial charge in [0, 0.05) is 20.7 Å². The molecular formula is C13H20N4O4. The summed E-state index contributed by atoms with van der Waals surface area (Å²) >= 11 is 0. The third-order valence-corrected chi connectivity index (χ3v) is 3.88. The van der Waals surface area contributed by atoms with Crippen LogP contribution in [0.15, 0.2) is 4.63 Å². The van der Waals surface area contributed by atoms with Gasteiger partial charge in [0.05, 0.1) is 18.6 Å². The number of hydrogen-bond donors (Lipinski definition) is 1. The van der Waals surface area contributed by atoms with Crippen molar-refractivity contribution in [3.8, 4) is 0 Å². The molecule has 2 amide bonds. The Bertz CT molecular complexity index is 530. The third kappa shape index (κ3) is 2.90. The van der Waals surface area contributed by atoms with Crippen LogP contribution in [0, 0.1) is 6.92 Å². The number of hydrogen-bond acceptors (Lipinski definition) is 6. The molecule has 1 saturated heterocycles. The van der Waals surface area contributed by atoms with Crippen LogP contribution in [0.5, 0.6) is 0 Å². The Balaban J connectivity index is 2.29. The van der Waals surface area contributed by atoms with Crippen LogP contribution in [0.3, 0.4) is 0 Å². The maximum Gasteiger partial charge on any atom is 0.278 e. The second-order valence-electron chi connectivity index (χ2n) is 5.27. The third-order valence-electron chi connectivity index (χ3n) is 3.88. The molecule has 1 aromatic rings. The Labute approximate surface area is 122 Å². The second kappa shape index (κ2) is 6.21. The molecule has 2 heterocycles. The van der Waals surface area contributed by atoms with Crippen molar-refractivity contribution in [2.45, 2.75) is 31.7 Å². The van der Waals surface area contributed by atoms with Crippen molar-refractivity contribution in [2.75, 3.05) is 27.3 Å². The molecule has 1 aromatic heterocycles. The van der Waals surface area contributed by atoms with E-state index >= 15 is 0 Å². The Morgan fingerprint density at radius 2 is 2.24 bits per heavy atom. The quantitative estimate of drug-likeness (QED) is 0.829. The van der Waals surface area contributed by atoms with E-state index in [9.17, 15) is 9.59 Å². The van der Waals surface area contributed by atoms with Gasteiger partial charge in [0.25, 0.3) is 5.91 Å². The first-order valence-electron chi connectivity index (χ1n) is 6.85. The van der Waals surface area contributed by atoms with Crippen LogP contribution >= 0.6 is 0 Å². The Kier molecular flexibility index (Phi) is 4.56. The summed E-state index contributed by atoms with van der Waals surface area (Å²) in [5.74, 6) is -0.394. The molecule has 0 aliphatic carbocycles. The van der Waals surface area contributed by atoms with Gasteiger partial charge in [-0.05, 0) is 24.9 Å². The van der Waals surface area contributed by atoms with Crippen LogP contribution in [0.25, 0.3) is 0 Å². The summed E-state index contributed by atoms with van der Waals surface area (Å²) in [6.45, 7) is 2.53. The van der Waals surface area contributed by atoms with Gasteiger partial charge >= 0.3 is 0 Å². The number of carbonyl (C=O) groups is 2. The largest absolute Gasteiger partial charge is 0.382 e. The number of carbonyl (C=O) groups excluding carboxylic acids is 2. The molecule has 0 aromatic carbocycles. The molecule has 0 bridgehead atoms. The van der Waals surface area contributed by atoms with E-state index in [0.717, 1.165) is 6.42 Å². The maximum absolute atomic E-state index is 12.7. The molecule has 1 aliphatic rings. The molecule has 0 spiro atoms. The van der Waals surface area contributed by atoms with Crippen LogP contribution in [0.2, 0.25) is 0 Å². The van der Waals surface area contributed by atoms with Crippen LogP contribution in [-0.4, -0.2) is 59.9 Å². The molecule has 2 rings (SSSR count). The first-order chi connectivity index (χ1) is 10.0. The number of methoxy groups -OCH3 is 1. The van der Waals surface area contributed by atoms with Gasteiger partial charge in [-0.1, -0.05) is 5.16 Å². The molecule has 0 saturated carbocycles. The molecule has 0 radical (unpaired) electrons. The van der Waals surface area contributed by atoms with Gasteiger partial charge in [0.15, 0.2) is 5.69 Å². The van der Waals surface area contributed by atoms with E-state index in [4.69, 9.17) is 4.74 Å². The molecule has 1 atom stereocenters. The minimum atomic E-state index is -0.642. The number of aryl methyl sites for hydroxylation is 1. The summed E-state index contributed by atoms with van der Waals surface area (Å²) in [6.07, 6.45) is 1.73. The SMILES string of the molecule is CNC(=O)CC1(COC)CCCN1C(=O)c1nonc1C. The monoisotopic (exact) mass is 296 g/mol. The zero-order valence-corrected chi connectivity index (χ0v) is 12.5. The fraction of sp³-hybridized carbons (Fsp3) is 0.692. The van der Waals surface area contributed by atoms with E-state index in [2.05, 4.69) is 20.3 Å². The molecule has 8 nitrogen and oxygen atoms in total. The summed E-state index contributed by atoms with van der Waals surface area (Å²) in [6, 6.07) is 0. The summed E-state index contributed by atoms with van der Waals surface area (Å²) in [5.41, 5.74) is -0.00966. The highest BCUT2D eigenvalue weighted by Gasteiger charge is 2.46. The number of nitrogens with zero attached hydrogens (tertiary/aromatic N) is 3. The van der Waals surface area contributed by atoms with E-state index in [1.54, 1.807) is 26.0 Å². The lowest BCUT2D eigenvalue weighted by molar-refractivity contribution is -0.123. The molecule has 116 valence electrons. The van der Waals surface area contributed by atoms with E-state index in [1.165, 1.54) is 0 Å². The maximum atomic E-state index is 12.7. The first-order valence-corrected chi connectivity index (χ1v) is 6.85. The minimum Gasteiger partial charge on any atom is -0.382 e. The van der Waals surface area contributed by atoms with E-state index < -0.39 is 5.54 Å². The average Bonchev–Trinajstić information content (AvgIpc) is 3.05. The van der Waals surface area contributed by atoms with Crippen molar-refractivity contribution in [3.63, 3.8) is 0 Å². The van der Waals surface area contributed by atoms with Gasteiger partial charge in [-0.15, -0.1) is 0 Å². The average molecular weight is 296 g/mol. The van der Waals surface area contributed by atoms with Crippen molar-refractivity contribution >= 4 is 11.8 Å². The Hall–Kier alpha value is -1.96. The van der Waals surface area contributed by atoms with Gasteiger partial charge < -0.3 is 15.0 Å². The lowest BCUT2D eigenvalue weighted by Crippen LogP contribution is -2.53. The van der Waals surface area contributed by atoms with Crippen molar-refractivity contribution in [1.29, 1.82) is 0 Å². The number of aromatic nitrogens is 2. The number of likely N-dealkylation sites (tertiary alicyclic amines) is 1. The Morgan fingerprint density at radius 1 is 1.48 bits per heavy atom. The summed E-state index contributed by atoms with van der Waals surface area (Å²) in [5, 5.41) is 9.90. The highest BCUT2D eigenvalue weighted by Crippen LogP contribution is 2.34. The lowest BCUT2D eigenvalue weighted by Gasteiger charge is -2.37. The van der Waals surface area contributed by atoms with E-state index in [1.807, 2.05) is 0 Å². The highest BCUT2D eigenvalue weighted by atomic mass is 16.6. The molecular weight excluding hydrogens is 276 g/mol. The normalized spacial score (nSPS) is 21.6. The fourth-order valence-electron chi connectivity index (χ4n) is 2.85. The number of rotatable bonds is 5. The van der Waals surface area contributed by atoms with Gasteiger partial charge in [0.1, 0.15) is 5.69 Å². The standard InChI is InChI=1S/C13H20N4O4/c1-9-11(16-21-15-9)12(19)17-6-4-5-13(17,8-20-3)7-10(18)14-2/h4-8H2,1-3H3,(H,14,18). The number of nitrogens with one attached hydrogen (secondary N) is 1. The van der Waals surface area contributed by atoms with Crippen molar-refractivity contribution in [1.82, 2.24) is 20.5 Å². The van der Waals surface area contributed by atoms with Crippen LogP contribution in [0.1, 0.15) is 35.4 Å². The Morgan fingerprint density at radius 3 is 2.81 bits per heavy atom. The minimum absolute atomic E-state index is 0.123. The fourth-order valence-corrected chi connectivity index (χ4v) is 2.85. The number of ether oxygens (including phenoxy) is 1. The molecule has 1 unspecified atom stereocenters. The van der Waals surface area contributed by atoms with Gasteiger partial charge in [-0.25, -0.2) is 4.63 Å². The first kappa shape index (κ1) is 15.4.